The minimum Gasteiger partial charge on any atom is -0.354 e. The van der Waals surface area contributed by atoms with Crippen molar-refractivity contribution in [3.63, 3.8) is 0 Å². The molecule has 0 radical (unpaired) electrons. The summed E-state index contributed by atoms with van der Waals surface area (Å²) in [6, 6.07) is 14.1. The van der Waals surface area contributed by atoms with E-state index >= 15 is 0 Å². The molecule has 84 valence electrons. The molecule has 1 aromatic carbocycles. The van der Waals surface area contributed by atoms with E-state index < -0.39 is 0 Å². The van der Waals surface area contributed by atoms with E-state index in [0.29, 0.717) is 0 Å². The van der Waals surface area contributed by atoms with Gasteiger partial charge in [0.2, 0.25) is 0 Å². The van der Waals surface area contributed by atoms with Crippen LogP contribution in [0.25, 0.3) is 21.9 Å². The van der Waals surface area contributed by atoms with Crippen molar-refractivity contribution < 1.29 is 4.52 Å². The van der Waals surface area contributed by atoms with Crippen molar-refractivity contribution in [3.8, 4) is 21.9 Å². The van der Waals surface area contributed by atoms with Gasteiger partial charge >= 0.3 is 0 Å². The third-order valence-electron chi connectivity index (χ3n) is 2.43. The third kappa shape index (κ3) is 2.02. The van der Waals surface area contributed by atoms with Crippen molar-refractivity contribution in [2.75, 3.05) is 0 Å². The normalized spacial score (nSPS) is 10.6. The molecule has 0 bridgehead atoms. The molecule has 0 N–H and O–H groups in total. The topological polar surface area (TPSA) is 26.0 Å². The van der Waals surface area contributed by atoms with E-state index in [1.807, 2.05) is 47.8 Å². The largest absolute Gasteiger partial charge is 0.354 e. The molecule has 0 saturated carbocycles. The lowest BCUT2D eigenvalue weighted by Gasteiger charge is -1.95. The first kappa shape index (κ1) is 11.0. The molecule has 3 aromatic rings. The summed E-state index contributed by atoms with van der Waals surface area (Å²) in [4.78, 5) is 1.11. The highest BCUT2D eigenvalue weighted by Crippen LogP contribution is 2.35. The smallest absolute Gasteiger partial charge is 0.190 e. The number of hydrogen-bond donors (Lipinski definition) is 0. The van der Waals surface area contributed by atoms with Gasteiger partial charge in [0.1, 0.15) is 5.69 Å². The summed E-state index contributed by atoms with van der Waals surface area (Å²) in [5.74, 6) is 0.861. The Morgan fingerprint density at radius 1 is 1.06 bits per heavy atom. The molecule has 0 spiro atoms. The predicted octanol–water partition coefficient (Wildman–Crippen LogP) is 4.67. The van der Waals surface area contributed by atoms with Crippen molar-refractivity contribution in [3.05, 3.63) is 51.4 Å². The number of halogens is 1. The number of benzene rings is 1. The molecule has 0 atom stereocenters. The van der Waals surface area contributed by atoms with Gasteiger partial charge in [0.25, 0.3) is 0 Å². The fourth-order valence-electron chi connectivity index (χ4n) is 1.62. The quantitative estimate of drug-likeness (QED) is 0.626. The van der Waals surface area contributed by atoms with Crippen LogP contribution in [-0.4, -0.2) is 5.16 Å². The highest BCUT2D eigenvalue weighted by molar-refractivity contribution is 14.1. The van der Waals surface area contributed by atoms with E-state index in [9.17, 15) is 0 Å². The number of rotatable bonds is 2. The molecule has 0 aliphatic heterocycles. The number of nitrogens with zero attached hydrogens (tertiary/aromatic N) is 1. The van der Waals surface area contributed by atoms with E-state index in [-0.39, 0.29) is 0 Å². The second-order valence-electron chi connectivity index (χ2n) is 3.52. The van der Waals surface area contributed by atoms with E-state index in [0.717, 1.165) is 25.5 Å². The zero-order valence-corrected chi connectivity index (χ0v) is 11.7. The van der Waals surface area contributed by atoms with Crippen LogP contribution in [0.4, 0.5) is 0 Å². The van der Waals surface area contributed by atoms with Crippen LogP contribution in [0.2, 0.25) is 0 Å². The minimum atomic E-state index is 0.861. The van der Waals surface area contributed by atoms with Crippen LogP contribution in [0.1, 0.15) is 0 Å². The summed E-state index contributed by atoms with van der Waals surface area (Å²) >= 11 is 3.95. The molecular weight excluding hydrogens is 345 g/mol. The second kappa shape index (κ2) is 4.62. The van der Waals surface area contributed by atoms with Crippen LogP contribution in [0.3, 0.4) is 0 Å². The third-order valence-corrected chi connectivity index (χ3v) is 4.30. The van der Waals surface area contributed by atoms with Gasteiger partial charge in [0.05, 0.1) is 8.45 Å². The molecular formula is C13H8INOS. The van der Waals surface area contributed by atoms with Crippen LogP contribution in [0.15, 0.2) is 52.4 Å². The average molecular weight is 353 g/mol. The SMILES string of the molecule is Ic1c(-c2ccccc2)noc1-c1cccs1. The van der Waals surface area contributed by atoms with E-state index in [4.69, 9.17) is 4.52 Å². The van der Waals surface area contributed by atoms with Crippen LogP contribution >= 0.6 is 33.9 Å². The Hall–Kier alpha value is -1.14. The van der Waals surface area contributed by atoms with Gasteiger partial charge in [-0.05, 0) is 34.0 Å². The van der Waals surface area contributed by atoms with Crippen molar-refractivity contribution in [1.82, 2.24) is 5.16 Å². The van der Waals surface area contributed by atoms with E-state index in [1.54, 1.807) is 11.3 Å². The Morgan fingerprint density at radius 3 is 2.59 bits per heavy atom. The summed E-state index contributed by atoms with van der Waals surface area (Å²) in [5.41, 5.74) is 2.00. The maximum absolute atomic E-state index is 5.45. The number of thiophene rings is 1. The van der Waals surface area contributed by atoms with Gasteiger partial charge in [-0.2, -0.15) is 0 Å². The monoisotopic (exact) mass is 353 g/mol. The van der Waals surface area contributed by atoms with E-state index in [1.165, 1.54) is 0 Å². The van der Waals surface area contributed by atoms with Gasteiger partial charge in [-0.15, -0.1) is 11.3 Å². The summed E-state index contributed by atoms with van der Waals surface area (Å²) in [5, 5.41) is 6.20. The standard InChI is InChI=1S/C13H8INOS/c14-11-12(9-5-2-1-3-6-9)15-16-13(11)10-7-4-8-17-10/h1-8H. The molecule has 2 aromatic heterocycles. The lowest BCUT2D eigenvalue weighted by Crippen LogP contribution is -1.79. The van der Waals surface area contributed by atoms with Crippen molar-refractivity contribution in [2.24, 2.45) is 0 Å². The van der Waals surface area contributed by atoms with Crippen molar-refractivity contribution >= 4 is 33.9 Å². The molecule has 4 heteroatoms. The zero-order valence-electron chi connectivity index (χ0n) is 8.76. The number of aromatic nitrogens is 1. The molecule has 17 heavy (non-hydrogen) atoms. The first-order valence-corrected chi connectivity index (χ1v) is 7.06. The maximum atomic E-state index is 5.45. The van der Waals surface area contributed by atoms with Crippen LogP contribution in [0, 0.1) is 3.57 Å². The highest BCUT2D eigenvalue weighted by Gasteiger charge is 2.16. The highest BCUT2D eigenvalue weighted by atomic mass is 127. The molecule has 0 unspecified atom stereocenters. The minimum absolute atomic E-state index is 0.861. The zero-order chi connectivity index (χ0) is 11.7. The fourth-order valence-corrected chi connectivity index (χ4v) is 3.30. The molecule has 0 amide bonds. The van der Waals surface area contributed by atoms with Gasteiger partial charge in [0.15, 0.2) is 5.76 Å². The summed E-state index contributed by atoms with van der Waals surface area (Å²) < 4.78 is 6.51. The summed E-state index contributed by atoms with van der Waals surface area (Å²) in [6.45, 7) is 0. The lowest BCUT2D eigenvalue weighted by atomic mass is 10.1. The number of hydrogen-bond acceptors (Lipinski definition) is 3. The summed E-state index contributed by atoms with van der Waals surface area (Å²) in [6.07, 6.45) is 0. The predicted molar refractivity (Wildman–Crippen MR) is 78.0 cm³/mol. The Balaban J connectivity index is 2.10. The second-order valence-corrected chi connectivity index (χ2v) is 5.54. The van der Waals surface area contributed by atoms with Gasteiger partial charge in [0, 0.05) is 5.56 Å². The van der Waals surface area contributed by atoms with E-state index in [2.05, 4.69) is 27.7 Å². The molecule has 3 rings (SSSR count). The molecule has 0 fully saturated rings. The molecule has 0 aliphatic carbocycles. The molecule has 0 aliphatic rings. The van der Waals surface area contributed by atoms with Crippen LogP contribution < -0.4 is 0 Å². The summed E-state index contributed by atoms with van der Waals surface area (Å²) in [7, 11) is 0. The first-order chi connectivity index (χ1) is 8.36. The fraction of sp³-hybridized carbons (Fsp3) is 0. The van der Waals surface area contributed by atoms with Gasteiger partial charge in [-0.1, -0.05) is 41.6 Å². The Morgan fingerprint density at radius 2 is 1.88 bits per heavy atom. The van der Waals surface area contributed by atoms with Gasteiger partial charge in [-0.25, -0.2) is 0 Å². The molecule has 2 heterocycles. The Labute approximate surface area is 116 Å². The lowest BCUT2D eigenvalue weighted by molar-refractivity contribution is 0.435. The first-order valence-electron chi connectivity index (χ1n) is 5.11. The van der Waals surface area contributed by atoms with Crippen molar-refractivity contribution in [1.29, 1.82) is 0 Å². The maximum Gasteiger partial charge on any atom is 0.190 e. The van der Waals surface area contributed by atoms with Crippen molar-refractivity contribution in [2.45, 2.75) is 0 Å². The van der Waals surface area contributed by atoms with Crippen LogP contribution in [0.5, 0.6) is 0 Å². The average Bonchev–Trinajstić information content (AvgIpc) is 2.99. The Bertz CT molecular complexity index is 616. The van der Waals surface area contributed by atoms with Crippen LogP contribution in [-0.2, 0) is 0 Å². The van der Waals surface area contributed by atoms with Gasteiger partial charge < -0.3 is 4.52 Å². The molecule has 2 nitrogen and oxygen atoms in total. The van der Waals surface area contributed by atoms with Gasteiger partial charge in [-0.3, -0.25) is 0 Å². The Kier molecular flexibility index (Phi) is 2.98. The molecule has 0 saturated heterocycles.